The van der Waals surface area contributed by atoms with Gasteiger partial charge in [0.1, 0.15) is 6.10 Å². The standard InChI is InChI=1S/C16H22N2O2.ClH/c19-16(13-6-9-17-10-7-13)18-14-8-11-20-15(14)12-4-2-1-3-5-12;/h1-5,13-15,17H,6-11H2,(H,18,19);1H. The van der Waals surface area contributed by atoms with Crippen molar-refractivity contribution in [2.24, 2.45) is 5.92 Å². The quantitative estimate of drug-likeness (QED) is 0.898. The van der Waals surface area contributed by atoms with E-state index in [1.807, 2.05) is 18.2 Å². The lowest BCUT2D eigenvalue weighted by molar-refractivity contribution is -0.126. The zero-order valence-electron chi connectivity index (χ0n) is 12.1. The van der Waals surface area contributed by atoms with Crippen molar-refractivity contribution in [1.29, 1.82) is 0 Å². The molecule has 0 saturated carbocycles. The lowest BCUT2D eigenvalue weighted by Gasteiger charge is -2.26. The Kier molecular flexibility index (Phi) is 6.03. The van der Waals surface area contributed by atoms with Crippen LogP contribution in [0.25, 0.3) is 0 Å². The largest absolute Gasteiger partial charge is 0.371 e. The molecule has 3 rings (SSSR count). The summed E-state index contributed by atoms with van der Waals surface area (Å²) in [5.74, 6) is 0.358. The van der Waals surface area contributed by atoms with Crippen LogP contribution in [0.2, 0.25) is 0 Å². The molecule has 2 heterocycles. The number of benzene rings is 1. The minimum Gasteiger partial charge on any atom is -0.371 e. The van der Waals surface area contributed by atoms with Crippen LogP contribution in [0.1, 0.15) is 30.9 Å². The van der Waals surface area contributed by atoms with Crippen molar-refractivity contribution in [2.45, 2.75) is 31.4 Å². The van der Waals surface area contributed by atoms with Crippen LogP contribution in [0.5, 0.6) is 0 Å². The minimum atomic E-state index is 0. The Morgan fingerprint density at radius 1 is 1.14 bits per heavy atom. The molecule has 1 amide bonds. The summed E-state index contributed by atoms with van der Waals surface area (Å²) in [6.45, 7) is 2.61. The van der Waals surface area contributed by atoms with Gasteiger partial charge in [-0.2, -0.15) is 0 Å². The van der Waals surface area contributed by atoms with Crippen LogP contribution in [0.15, 0.2) is 30.3 Å². The summed E-state index contributed by atoms with van der Waals surface area (Å²) < 4.78 is 5.81. The molecule has 0 aromatic heterocycles. The summed E-state index contributed by atoms with van der Waals surface area (Å²) in [5, 5.41) is 6.50. The van der Waals surface area contributed by atoms with Crippen LogP contribution in [0, 0.1) is 5.92 Å². The van der Waals surface area contributed by atoms with Crippen LogP contribution >= 0.6 is 12.4 Å². The smallest absolute Gasteiger partial charge is 0.223 e. The molecule has 0 spiro atoms. The number of nitrogens with one attached hydrogen (secondary N) is 2. The van der Waals surface area contributed by atoms with Gasteiger partial charge in [0.05, 0.1) is 6.04 Å². The molecule has 2 unspecified atom stereocenters. The first kappa shape index (κ1) is 16.3. The molecule has 5 heteroatoms. The Morgan fingerprint density at radius 2 is 1.86 bits per heavy atom. The highest BCUT2D eigenvalue weighted by molar-refractivity contribution is 5.85. The van der Waals surface area contributed by atoms with E-state index in [9.17, 15) is 4.79 Å². The van der Waals surface area contributed by atoms with Crippen molar-refractivity contribution >= 4 is 18.3 Å². The molecule has 0 aliphatic carbocycles. The third-order valence-electron chi connectivity index (χ3n) is 4.26. The lowest BCUT2D eigenvalue weighted by Crippen LogP contribution is -2.43. The summed E-state index contributed by atoms with van der Waals surface area (Å²) in [6.07, 6.45) is 2.78. The Bertz CT molecular complexity index is 449. The van der Waals surface area contributed by atoms with E-state index in [2.05, 4.69) is 22.8 Å². The highest BCUT2D eigenvalue weighted by atomic mass is 35.5. The summed E-state index contributed by atoms with van der Waals surface area (Å²) in [4.78, 5) is 12.3. The summed E-state index contributed by atoms with van der Waals surface area (Å²) in [6, 6.07) is 10.3. The number of amides is 1. The topological polar surface area (TPSA) is 50.4 Å². The van der Waals surface area contributed by atoms with Gasteiger partial charge in [0.15, 0.2) is 0 Å². The molecule has 2 fully saturated rings. The molecule has 2 N–H and O–H groups in total. The molecule has 1 aromatic rings. The first-order chi connectivity index (χ1) is 9.84. The highest BCUT2D eigenvalue weighted by Crippen LogP contribution is 2.29. The molecule has 0 radical (unpaired) electrons. The average Bonchev–Trinajstić information content (AvgIpc) is 2.97. The van der Waals surface area contributed by atoms with Gasteiger partial charge in [-0.05, 0) is 37.9 Å². The molecule has 0 bridgehead atoms. The maximum absolute atomic E-state index is 12.3. The van der Waals surface area contributed by atoms with E-state index in [0.717, 1.165) is 44.5 Å². The van der Waals surface area contributed by atoms with Gasteiger partial charge in [-0.25, -0.2) is 0 Å². The van der Waals surface area contributed by atoms with Gasteiger partial charge in [0.2, 0.25) is 5.91 Å². The lowest BCUT2D eigenvalue weighted by atomic mass is 9.95. The number of ether oxygens (including phenoxy) is 1. The van der Waals surface area contributed by atoms with Crippen molar-refractivity contribution in [1.82, 2.24) is 10.6 Å². The Balaban J connectivity index is 0.00000161. The van der Waals surface area contributed by atoms with Crippen LogP contribution in [-0.2, 0) is 9.53 Å². The molecule has 2 saturated heterocycles. The predicted octanol–water partition coefficient (Wildman–Crippen LogP) is 2.05. The average molecular weight is 311 g/mol. The number of carbonyl (C=O) groups is 1. The molecular formula is C16H23ClN2O2. The Hall–Kier alpha value is -1.10. The third-order valence-corrected chi connectivity index (χ3v) is 4.26. The van der Waals surface area contributed by atoms with Crippen molar-refractivity contribution < 1.29 is 9.53 Å². The molecule has 116 valence electrons. The van der Waals surface area contributed by atoms with Crippen LogP contribution in [0.3, 0.4) is 0 Å². The van der Waals surface area contributed by atoms with E-state index in [1.54, 1.807) is 0 Å². The monoisotopic (exact) mass is 310 g/mol. The maximum Gasteiger partial charge on any atom is 0.223 e. The van der Waals surface area contributed by atoms with Crippen molar-refractivity contribution in [3.8, 4) is 0 Å². The summed E-state index contributed by atoms with van der Waals surface area (Å²) in [5.41, 5.74) is 1.15. The van der Waals surface area contributed by atoms with Gasteiger partial charge in [0.25, 0.3) is 0 Å². The van der Waals surface area contributed by atoms with E-state index >= 15 is 0 Å². The number of hydrogen-bond acceptors (Lipinski definition) is 3. The fourth-order valence-electron chi connectivity index (χ4n) is 3.09. The Labute approximate surface area is 132 Å². The van der Waals surface area contributed by atoms with Crippen molar-refractivity contribution in [3.05, 3.63) is 35.9 Å². The van der Waals surface area contributed by atoms with Crippen LogP contribution in [0.4, 0.5) is 0 Å². The van der Waals surface area contributed by atoms with Gasteiger partial charge >= 0.3 is 0 Å². The molecule has 2 aliphatic rings. The van der Waals surface area contributed by atoms with E-state index in [0.29, 0.717) is 0 Å². The number of halogens is 1. The number of rotatable bonds is 3. The third kappa shape index (κ3) is 3.96. The predicted molar refractivity (Wildman–Crippen MR) is 84.5 cm³/mol. The van der Waals surface area contributed by atoms with E-state index in [4.69, 9.17) is 4.74 Å². The number of carbonyl (C=O) groups excluding carboxylic acids is 1. The minimum absolute atomic E-state index is 0. The maximum atomic E-state index is 12.3. The first-order valence-corrected chi connectivity index (χ1v) is 7.52. The van der Waals surface area contributed by atoms with Crippen LogP contribution in [-0.4, -0.2) is 31.6 Å². The van der Waals surface area contributed by atoms with Crippen LogP contribution < -0.4 is 10.6 Å². The van der Waals surface area contributed by atoms with Gasteiger partial charge < -0.3 is 15.4 Å². The fourth-order valence-corrected chi connectivity index (χ4v) is 3.09. The van der Waals surface area contributed by atoms with Gasteiger partial charge in [-0.3, -0.25) is 4.79 Å². The second kappa shape index (κ2) is 7.78. The summed E-state index contributed by atoms with van der Waals surface area (Å²) in [7, 11) is 0. The van der Waals surface area contributed by atoms with Crippen molar-refractivity contribution in [2.75, 3.05) is 19.7 Å². The highest BCUT2D eigenvalue weighted by Gasteiger charge is 2.32. The molecule has 4 nitrogen and oxygen atoms in total. The van der Waals surface area contributed by atoms with Gasteiger partial charge in [0, 0.05) is 12.5 Å². The molecule has 21 heavy (non-hydrogen) atoms. The molecule has 2 atom stereocenters. The zero-order valence-corrected chi connectivity index (χ0v) is 12.9. The second-order valence-electron chi connectivity index (χ2n) is 5.63. The number of hydrogen-bond donors (Lipinski definition) is 2. The first-order valence-electron chi connectivity index (χ1n) is 7.52. The normalized spacial score (nSPS) is 26.1. The fraction of sp³-hybridized carbons (Fsp3) is 0.562. The zero-order chi connectivity index (χ0) is 13.8. The number of piperidine rings is 1. The molecule has 1 aromatic carbocycles. The second-order valence-corrected chi connectivity index (χ2v) is 5.63. The van der Waals surface area contributed by atoms with Gasteiger partial charge in [-0.15, -0.1) is 12.4 Å². The van der Waals surface area contributed by atoms with E-state index in [-0.39, 0.29) is 36.4 Å². The molecule has 2 aliphatic heterocycles. The van der Waals surface area contributed by atoms with E-state index < -0.39 is 0 Å². The molecular weight excluding hydrogens is 288 g/mol. The Morgan fingerprint density at radius 3 is 2.57 bits per heavy atom. The summed E-state index contributed by atoms with van der Waals surface area (Å²) >= 11 is 0. The van der Waals surface area contributed by atoms with Crippen molar-refractivity contribution in [3.63, 3.8) is 0 Å². The van der Waals surface area contributed by atoms with Gasteiger partial charge in [-0.1, -0.05) is 30.3 Å². The van der Waals surface area contributed by atoms with E-state index in [1.165, 1.54) is 0 Å². The SMILES string of the molecule is Cl.O=C(NC1CCOC1c1ccccc1)C1CCNCC1.